The first-order valence-corrected chi connectivity index (χ1v) is 5.54. The maximum absolute atomic E-state index is 12.2. The van der Waals surface area contributed by atoms with Crippen LogP contribution in [0.1, 0.15) is 11.1 Å². The molecule has 1 N–H and O–H groups in total. The van der Waals surface area contributed by atoms with Crippen molar-refractivity contribution >= 4 is 28.7 Å². The maximum Gasteiger partial charge on any atom is 0.419 e. The molecule has 0 aliphatic heterocycles. The van der Waals surface area contributed by atoms with Gasteiger partial charge in [-0.1, -0.05) is 12.1 Å². The Balaban J connectivity index is 2.92. The van der Waals surface area contributed by atoms with E-state index in [1.54, 1.807) is 0 Å². The first-order chi connectivity index (χ1) is 7.84. The summed E-state index contributed by atoms with van der Waals surface area (Å²) in [5.41, 5.74) is 0.922. The van der Waals surface area contributed by atoms with Crippen LogP contribution in [0.25, 0.3) is 6.08 Å². The van der Waals surface area contributed by atoms with Crippen molar-refractivity contribution in [1.29, 1.82) is 5.26 Å². The number of benzene rings is 1. The number of alkyl halides is 3. The van der Waals surface area contributed by atoms with E-state index in [1.165, 1.54) is 52.9 Å². The lowest BCUT2D eigenvalue weighted by Crippen LogP contribution is -2.28. The van der Waals surface area contributed by atoms with E-state index in [0.717, 1.165) is 0 Å². The molecule has 1 unspecified atom stereocenters. The highest BCUT2D eigenvalue weighted by Crippen LogP contribution is 2.30. The highest BCUT2D eigenvalue weighted by Gasteiger charge is 2.39. The smallest absolute Gasteiger partial charge is 0.379 e. The van der Waals surface area contributed by atoms with Gasteiger partial charge in [0.2, 0.25) is 0 Å². The van der Waals surface area contributed by atoms with Gasteiger partial charge >= 0.3 is 6.18 Å². The lowest BCUT2D eigenvalue weighted by Gasteiger charge is -2.13. The number of rotatable bonds is 2. The summed E-state index contributed by atoms with van der Waals surface area (Å²) >= 11 is 1.44. The fraction of sp³-hybridized carbons (Fsp3) is 0.182. The number of nitrogens with zero attached hydrogens (tertiary/aromatic N) is 1. The van der Waals surface area contributed by atoms with Crippen molar-refractivity contribution in [3.63, 3.8) is 0 Å². The molecule has 0 radical (unpaired) electrons. The zero-order valence-corrected chi connectivity index (χ0v) is 10.5. The van der Waals surface area contributed by atoms with Gasteiger partial charge in [-0.2, -0.15) is 18.4 Å². The topological polar surface area (TPSA) is 44.0 Å². The number of hydrogen-bond donors (Lipinski definition) is 1. The number of halogens is 4. The zero-order chi connectivity index (χ0) is 13.1. The van der Waals surface area contributed by atoms with Crippen molar-refractivity contribution in [2.75, 3.05) is 0 Å². The van der Waals surface area contributed by atoms with Crippen molar-refractivity contribution in [1.82, 2.24) is 0 Å². The summed E-state index contributed by atoms with van der Waals surface area (Å²) in [5.74, 6) is 0. The highest BCUT2D eigenvalue weighted by molar-refractivity contribution is 14.1. The van der Waals surface area contributed by atoms with Gasteiger partial charge in [0.1, 0.15) is 0 Å². The highest BCUT2D eigenvalue weighted by atomic mass is 127. The monoisotopic (exact) mass is 353 g/mol. The van der Waals surface area contributed by atoms with E-state index in [1.807, 2.05) is 6.07 Å². The van der Waals surface area contributed by atoms with Crippen LogP contribution < -0.4 is 0 Å². The first-order valence-electron chi connectivity index (χ1n) is 4.46. The van der Waals surface area contributed by atoms with Crippen LogP contribution in [0.2, 0.25) is 0 Å². The van der Waals surface area contributed by atoms with Crippen LogP contribution in [0.15, 0.2) is 27.8 Å². The molecule has 0 spiro atoms. The van der Waals surface area contributed by atoms with E-state index in [-0.39, 0.29) is 3.58 Å². The van der Waals surface area contributed by atoms with Gasteiger partial charge in [-0.05, 0) is 46.4 Å². The molecule has 90 valence electrons. The average Bonchev–Trinajstić information content (AvgIpc) is 2.27. The minimum absolute atomic E-state index is 0.222. The summed E-state index contributed by atoms with van der Waals surface area (Å²) in [6, 6.07) is 7.92. The second-order valence-corrected chi connectivity index (χ2v) is 4.45. The molecule has 0 aromatic heterocycles. The van der Waals surface area contributed by atoms with Crippen LogP contribution >= 0.6 is 22.6 Å². The summed E-state index contributed by atoms with van der Waals surface area (Å²) in [4.78, 5) is 0. The van der Waals surface area contributed by atoms with E-state index < -0.39 is 12.3 Å². The van der Waals surface area contributed by atoms with E-state index in [2.05, 4.69) is 0 Å². The van der Waals surface area contributed by atoms with Gasteiger partial charge in [-0.15, -0.1) is 0 Å². The van der Waals surface area contributed by atoms with Crippen LogP contribution in [0.5, 0.6) is 0 Å². The Kier molecular flexibility index (Phi) is 4.54. The fourth-order valence-corrected chi connectivity index (χ4v) is 1.76. The molecular weight excluding hydrogens is 346 g/mol. The van der Waals surface area contributed by atoms with Gasteiger partial charge in [0.15, 0.2) is 6.10 Å². The summed E-state index contributed by atoms with van der Waals surface area (Å²) in [6.07, 6.45) is -5.92. The summed E-state index contributed by atoms with van der Waals surface area (Å²) in [5, 5.41) is 17.5. The van der Waals surface area contributed by atoms with Crippen molar-refractivity contribution in [3.05, 3.63) is 39.0 Å². The molecule has 0 amide bonds. The lowest BCUT2D eigenvalue weighted by atomic mass is 10.1. The zero-order valence-electron chi connectivity index (χ0n) is 8.37. The molecule has 1 rings (SSSR count). The van der Waals surface area contributed by atoms with Gasteiger partial charge in [0.25, 0.3) is 0 Å². The molecule has 1 aromatic carbocycles. The Morgan fingerprint density at radius 1 is 1.35 bits per heavy atom. The number of hydrogen-bond acceptors (Lipinski definition) is 2. The van der Waals surface area contributed by atoms with Crippen LogP contribution in [0, 0.1) is 11.3 Å². The van der Waals surface area contributed by atoms with Gasteiger partial charge in [-0.25, -0.2) is 0 Å². The standard InChI is InChI=1S/C11H7F3INO/c12-11(13,14)10(17)9(15)5-7-1-3-8(6-16)4-2-7/h1-5,10,17H/b9-5-. The third-order valence-corrected chi connectivity index (χ3v) is 2.82. The quantitative estimate of drug-likeness (QED) is 0.830. The van der Waals surface area contributed by atoms with E-state index >= 15 is 0 Å². The van der Waals surface area contributed by atoms with Crippen LogP contribution in [-0.2, 0) is 0 Å². The predicted molar refractivity (Wildman–Crippen MR) is 65.2 cm³/mol. The Labute approximate surface area is 110 Å². The van der Waals surface area contributed by atoms with Crippen LogP contribution in [0.4, 0.5) is 13.2 Å². The fourth-order valence-electron chi connectivity index (χ4n) is 1.05. The molecule has 1 atom stereocenters. The van der Waals surface area contributed by atoms with Crippen molar-refractivity contribution in [2.45, 2.75) is 12.3 Å². The summed E-state index contributed by atoms with van der Waals surface area (Å²) < 4.78 is 36.3. The van der Waals surface area contributed by atoms with Gasteiger partial charge in [0.05, 0.1) is 11.6 Å². The predicted octanol–water partition coefficient (Wildman–Crippen LogP) is 3.26. The number of aliphatic hydroxyl groups is 1. The van der Waals surface area contributed by atoms with Gasteiger partial charge in [-0.3, -0.25) is 0 Å². The normalized spacial score (nSPS) is 14.2. The van der Waals surface area contributed by atoms with Gasteiger partial charge in [0, 0.05) is 3.58 Å². The van der Waals surface area contributed by atoms with E-state index in [9.17, 15) is 13.2 Å². The second kappa shape index (κ2) is 5.51. The maximum atomic E-state index is 12.2. The summed E-state index contributed by atoms with van der Waals surface area (Å²) in [7, 11) is 0. The SMILES string of the molecule is N#Cc1ccc(/C=C(\I)C(O)C(F)(F)F)cc1. The Morgan fingerprint density at radius 3 is 2.29 bits per heavy atom. The molecule has 0 heterocycles. The van der Waals surface area contributed by atoms with E-state index in [0.29, 0.717) is 11.1 Å². The van der Waals surface area contributed by atoms with Gasteiger partial charge < -0.3 is 5.11 Å². The minimum Gasteiger partial charge on any atom is -0.379 e. The number of aliphatic hydroxyl groups excluding tert-OH is 1. The van der Waals surface area contributed by atoms with E-state index in [4.69, 9.17) is 10.4 Å². The third-order valence-electron chi connectivity index (χ3n) is 1.92. The second-order valence-electron chi connectivity index (χ2n) is 3.21. The molecule has 0 bridgehead atoms. The molecule has 2 nitrogen and oxygen atoms in total. The molecule has 0 saturated heterocycles. The Bertz CT molecular complexity index is 459. The number of nitriles is 1. The first kappa shape index (κ1) is 14.0. The van der Waals surface area contributed by atoms with Crippen molar-refractivity contribution < 1.29 is 18.3 Å². The molecule has 6 heteroatoms. The molecule has 17 heavy (non-hydrogen) atoms. The van der Waals surface area contributed by atoms with Crippen LogP contribution in [-0.4, -0.2) is 17.4 Å². The Morgan fingerprint density at radius 2 is 1.88 bits per heavy atom. The minimum atomic E-state index is -4.67. The summed E-state index contributed by atoms with van der Waals surface area (Å²) in [6.45, 7) is 0. The van der Waals surface area contributed by atoms with Crippen molar-refractivity contribution in [2.24, 2.45) is 0 Å². The molecule has 0 saturated carbocycles. The third kappa shape index (κ3) is 4.02. The van der Waals surface area contributed by atoms with Crippen LogP contribution in [0.3, 0.4) is 0 Å². The molecule has 0 aliphatic rings. The average molecular weight is 353 g/mol. The lowest BCUT2D eigenvalue weighted by molar-refractivity contribution is -0.188. The Hall–Kier alpha value is -1.07. The molecule has 1 aromatic rings. The van der Waals surface area contributed by atoms with Crippen molar-refractivity contribution in [3.8, 4) is 6.07 Å². The largest absolute Gasteiger partial charge is 0.419 e. The molecule has 0 aliphatic carbocycles. The molecular formula is C11H7F3INO. The molecule has 0 fully saturated rings.